The summed E-state index contributed by atoms with van der Waals surface area (Å²) < 4.78 is 38.3. The summed E-state index contributed by atoms with van der Waals surface area (Å²) in [7, 11) is 0. The lowest BCUT2D eigenvalue weighted by Gasteiger charge is -1.97. The van der Waals surface area contributed by atoms with Crippen LogP contribution in [0.25, 0.3) is 0 Å². The Morgan fingerprint density at radius 3 is 1.75 bits per heavy atom. The Bertz CT molecular complexity index is 97.9. The van der Waals surface area contributed by atoms with Crippen LogP contribution in [0.2, 0.25) is 0 Å². The number of ether oxygens (including phenoxy) is 1. The third kappa shape index (κ3) is 0.940. The zero-order valence-electron chi connectivity index (χ0n) is 4.20. The minimum Gasteiger partial charge on any atom is -0.360 e. The number of epoxide rings is 1. The van der Waals surface area contributed by atoms with Gasteiger partial charge in [0.2, 0.25) is 0 Å². The van der Waals surface area contributed by atoms with Crippen LogP contribution < -0.4 is 0 Å². The highest BCUT2D eigenvalue weighted by Gasteiger charge is 2.55. The first-order valence-corrected chi connectivity index (χ1v) is 2.24. The van der Waals surface area contributed by atoms with Crippen LogP contribution in [0.4, 0.5) is 13.2 Å². The molecule has 0 N–H and O–H groups in total. The van der Waals surface area contributed by atoms with Crippen LogP contribution in [0, 0.1) is 0 Å². The van der Waals surface area contributed by atoms with Crippen molar-refractivity contribution in [3.63, 3.8) is 0 Å². The van der Waals surface area contributed by atoms with Gasteiger partial charge < -0.3 is 4.74 Å². The molecule has 0 aromatic carbocycles. The van der Waals surface area contributed by atoms with Gasteiger partial charge in [0.25, 0.3) is 0 Å². The van der Waals surface area contributed by atoms with E-state index in [9.17, 15) is 13.2 Å². The highest BCUT2D eigenvalue weighted by molar-refractivity contribution is 4.86. The van der Waals surface area contributed by atoms with Crippen molar-refractivity contribution in [2.75, 3.05) is 0 Å². The summed E-state index contributed by atoms with van der Waals surface area (Å²) in [5, 5.41) is 0. The SMILES string of the molecule is C[C@H]1O[C@H]1C(F)(F)F. The second-order valence-electron chi connectivity index (χ2n) is 1.80. The van der Waals surface area contributed by atoms with Crippen LogP contribution in [0.5, 0.6) is 0 Å². The molecule has 0 saturated carbocycles. The lowest BCUT2D eigenvalue weighted by Crippen LogP contribution is -2.17. The summed E-state index contributed by atoms with van der Waals surface area (Å²) in [5.74, 6) is 0. The van der Waals surface area contributed by atoms with Gasteiger partial charge in [0.1, 0.15) is 0 Å². The van der Waals surface area contributed by atoms with E-state index < -0.39 is 18.4 Å². The van der Waals surface area contributed by atoms with Crippen LogP contribution in [0.15, 0.2) is 0 Å². The Hall–Kier alpha value is -0.250. The van der Waals surface area contributed by atoms with Gasteiger partial charge in [-0.2, -0.15) is 13.2 Å². The van der Waals surface area contributed by atoms with Crippen molar-refractivity contribution >= 4 is 0 Å². The Kier molecular flexibility index (Phi) is 1.01. The van der Waals surface area contributed by atoms with E-state index >= 15 is 0 Å². The molecule has 0 radical (unpaired) electrons. The van der Waals surface area contributed by atoms with E-state index in [1.807, 2.05) is 0 Å². The standard InChI is InChI=1S/C4H5F3O/c1-2-3(8-2)4(5,6)7/h2-3H,1H3/t2-,3-/m1/s1. The van der Waals surface area contributed by atoms with Crippen molar-refractivity contribution in [3.8, 4) is 0 Å². The lowest BCUT2D eigenvalue weighted by molar-refractivity contribution is -0.146. The van der Waals surface area contributed by atoms with Crippen LogP contribution >= 0.6 is 0 Å². The number of hydrogen-bond donors (Lipinski definition) is 0. The molecule has 1 heterocycles. The Balaban J connectivity index is 2.39. The monoisotopic (exact) mass is 126 g/mol. The molecule has 1 nitrogen and oxygen atoms in total. The first kappa shape index (κ1) is 5.88. The van der Waals surface area contributed by atoms with Gasteiger partial charge >= 0.3 is 6.18 Å². The van der Waals surface area contributed by atoms with E-state index in [0.717, 1.165) is 0 Å². The predicted octanol–water partition coefficient (Wildman–Crippen LogP) is 1.34. The zero-order chi connectivity index (χ0) is 6.36. The highest BCUT2D eigenvalue weighted by Crippen LogP contribution is 2.36. The summed E-state index contributed by atoms with van der Waals surface area (Å²) in [6.07, 6.45) is -6.24. The van der Waals surface area contributed by atoms with Gasteiger partial charge in [-0.05, 0) is 6.92 Å². The maximum absolute atomic E-state index is 11.4. The minimum atomic E-state index is -4.14. The van der Waals surface area contributed by atoms with Gasteiger partial charge in [-0.25, -0.2) is 0 Å². The van der Waals surface area contributed by atoms with E-state index in [2.05, 4.69) is 4.74 Å². The van der Waals surface area contributed by atoms with E-state index in [-0.39, 0.29) is 0 Å². The van der Waals surface area contributed by atoms with Crippen LogP contribution in [0.1, 0.15) is 6.92 Å². The molecule has 0 bridgehead atoms. The van der Waals surface area contributed by atoms with Crippen molar-refractivity contribution in [2.45, 2.75) is 25.3 Å². The molecule has 0 spiro atoms. The minimum absolute atomic E-state index is 0.616. The van der Waals surface area contributed by atoms with Crippen molar-refractivity contribution in [2.24, 2.45) is 0 Å². The van der Waals surface area contributed by atoms with E-state index in [4.69, 9.17) is 0 Å². The summed E-state index contributed by atoms with van der Waals surface area (Å²) in [6, 6.07) is 0. The summed E-state index contributed by atoms with van der Waals surface area (Å²) >= 11 is 0. The Labute approximate surface area is 44.4 Å². The first-order valence-electron chi connectivity index (χ1n) is 2.24. The maximum atomic E-state index is 11.4. The molecule has 1 aliphatic rings. The molecule has 1 saturated heterocycles. The smallest absolute Gasteiger partial charge is 0.360 e. The zero-order valence-corrected chi connectivity index (χ0v) is 4.20. The van der Waals surface area contributed by atoms with Crippen molar-refractivity contribution in [3.05, 3.63) is 0 Å². The van der Waals surface area contributed by atoms with Gasteiger partial charge in [-0.1, -0.05) is 0 Å². The molecule has 0 aromatic rings. The molecule has 0 unspecified atom stereocenters. The quantitative estimate of drug-likeness (QED) is 0.446. The van der Waals surface area contributed by atoms with Crippen molar-refractivity contribution < 1.29 is 17.9 Å². The van der Waals surface area contributed by atoms with Gasteiger partial charge in [0.05, 0.1) is 6.10 Å². The number of halogens is 3. The first-order chi connectivity index (χ1) is 3.52. The van der Waals surface area contributed by atoms with E-state index in [1.165, 1.54) is 6.92 Å². The van der Waals surface area contributed by atoms with Gasteiger partial charge in [-0.15, -0.1) is 0 Å². The van der Waals surface area contributed by atoms with Crippen LogP contribution in [0.3, 0.4) is 0 Å². The Morgan fingerprint density at radius 2 is 1.75 bits per heavy atom. The Morgan fingerprint density at radius 1 is 1.38 bits per heavy atom. The normalized spacial score (nSPS) is 37.5. The third-order valence-electron chi connectivity index (χ3n) is 1.03. The third-order valence-corrected chi connectivity index (χ3v) is 1.03. The van der Waals surface area contributed by atoms with Crippen molar-refractivity contribution in [1.29, 1.82) is 0 Å². The topological polar surface area (TPSA) is 12.5 Å². The average Bonchev–Trinajstić information content (AvgIpc) is 2.13. The number of hydrogen-bond acceptors (Lipinski definition) is 1. The summed E-state index contributed by atoms with van der Waals surface area (Å²) in [6.45, 7) is 1.40. The molecule has 0 aliphatic carbocycles. The number of alkyl halides is 3. The fourth-order valence-electron chi connectivity index (χ4n) is 0.529. The van der Waals surface area contributed by atoms with Crippen molar-refractivity contribution in [1.82, 2.24) is 0 Å². The molecule has 1 fully saturated rings. The molecule has 1 aliphatic heterocycles. The predicted molar refractivity (Wildman–Crippen MR) is 20.4 cm³/mol. The van der Waals surface area contributed by atoms with Crippen LogP contribution in [-0.4, -0.2) is 18.4 Å². The molecule has 1 rings (SSSR count). The summed E-state index contributed by atoms with van der Waals surface area (Å²) in [4.78, 5) is 0. The number of rotatable bonds is 0. The fraction of sp³-hybridized carbons (Fsp3) is 1.00. The van der Waals surface area contributed by atoms with E-state index in [1.54, 1.807) is 0 Å². The fourth-order valence-corrected chi connectivity index (χ4v) is 0.529. The van der Waals surface area contributed by atoms with E-state index in [0.29, 0.717) is 0 Å². The molecular formula is C4H5F3O. The molecule has 0 amide bonds. The van der Waals surface area contributed by atoms with Crippen LogP contribution in [-0.2, 0) is 4.74 Å². The molecule has 8 heavy (non-hydrogen) atoms. The maximum Gasteiger partial charge on any atom is 0.417 e. The largest absolute Gasteiger partial charge is 0.417 e. The molecule has 4 heteroatoms. The molecule has 48 valence electrons. The molecule has 2 atom stereocenters. The van der Waals surface area contributed by atoms with Gasteiger partial charge in [0, 0.05) is 0 Å². The lowest BCUT2D eigenvalue weighted by atomic mass is 10.3. The summed E-state index contributed by atoms with van der Waals surface area (Å²) in [5.41, 5.74) is 0. The van der Waals surface area contributed by atoms with Gasteiger partial charge in [0.15, 0.2) is 6.10 Å². The second kappa shape index (κ2) is 1.37. The highest BCUT2D eigenvalue weighted by atomic mass is 19.4. The molecular weight excluding hydrogens is 121 g/mol. The molecule has 0 aromatic heterocycles. The second-order valence-corrected chi connectivity index (χ2v) is 1.80. The van der Waals surface area contributed by atoms with Gasteiger partial charge in [-0.3, -0.25) is 0 Å². The average molecular weight is 126 g/mol.